The second kappa shape index (κ2) is 8.02. The van der Waals surface area contributed by atoms with Gasteiger partial charge < -0.3 is 0 Å². The van der Waals surface area contributed by atoms with Gasteiger partial charge in [0.2, 0.25) is 10.0 Å². The fraction of sp³-hybridized carbons (Fsp3) is 0.400. The van der Waals surface area contributed by atoms with E-state index >= 15 is 0 Å². The molecule has 2 aromatic carbocycles. The van der Waals surface area contributed by atoms with Crippen molar-refractivity contribution in [2.24, 2.45) is 0 Å². The summed E-state index contributed by atoms with van der Waals surface area (Å²) in [5, 5.41) is 12.0. The van der Waals surface area contributed by atoms with E-state index < -0.39 is 14.9 Å². The van der Waals surface area contributed by atoms with Crippen molar-refractivity contribution < 1.29 is 13.3 Å². The van der Waals surface area contributed by atoms with Crippen LogP contribution in [-0.4, -0.2) is 48.7 Å². The molecule has 0 spiro atoms. The maximum absolute atomic E-state index is 13.0. The van der Waals surface area contributed by atoms with Crippen LogP contribution in [-0.2, 0) is 16.4 Å². The molecule has 0 aromatic heterocycles. The maximum atomic E-state index is 13.0. The van der Waals surface area contributed by atoms with Crippen LogP contribution in [0.25, 0.3) is 0 Å². The number of para-hydroxylation sites is 1. The molecule has 2 aliphatic rings. The molecule has 1 aliphatic heterocycles. The van der Waals surface area contributed by atoms with E-state index in [-0.39, 0.29) is 16.6 Å². The molecule has 0 unspecified atom stereocenters. The predicted molar refractivity (Wildman–Crippen MR) is 111 cm³/mol. The number of piperazine rings is 1. The molecule has 0 N–H and O–H groups in total. The fourth-order valence-corrected chi connectivity index (χ4v) is 6.13. The number of nitrogens with zero attached hydrogens (tertiary/aromatic N) is 3. The van der Waals surface area contributed by atoms with Crippen LogP contribution < -0.4 is 0 Å². The number of aryl methyl sites for hydroxylation is 1. The smallest absolute Gasteiger partial charge is 0.289 e. The van der Waals surface area contributed by atoms with E-state index in [1.165, 1.54) is 39.7 Å². The second-order valence-corrected chi connectivity index (χ2v) is 9.76. The van der Waals surface area contributed by atoms with Gasteiger partial charge in [-0.1, -0.05) is 29.8 Å². The molecule has 1 atom stereocenters. The van der Waals surface area contributed by atoms with Crippen LogP contribution in [0.4, 0.5) is 5.69 Å². The average Bonchev–Trinajstić information content (AvgIpc) is 2.73. The van der Waals surface area contributed by atoms with Crippen molar-refractivity contribution in [3.05, 3.63) is 68.7 Å². The number of hydrogen-bond donors (Lipinski definition) is 0. The number of nitro benzene ring substituents is 1. The second-order valence-electron chi connectivity index (χ2n) is 7.42. The first-order valence-electron chi connectivity index (χ1n) is 9.64. The average molecular weight is 436 g/mol. The molecule has 1 aliphatic carbocycles. The first-order chi connectivity index (χ1) is 13.9. The van der Waals surface area contributed by atoms with Gasteiger partial charge in [0.15, 0.2) is 4.90 Å². The van der Waals surface area contributed by atoms with E-state index in [4.69, 9.17) is 11.6 Å². The van der Waals surface area contributed by atoms with Crippen molar-refractivity contribution in [3.63, 3.8) is 0 Å². The minimum Gasteiger partial charge on any atom is -0.294 e. The number of nitro groups is 1. The largest absolute Gasteiger partial charge is 0.294 e. The number of fused-ring (bicyclic) bond motifs is 1. The molecule has 4 rings (SSSR count). The lowest BCUT2D eigenvalue weighted by Crippen LogP contribution is -2.50. The van der Waals surface area contributed by atoms with E-state index in [1.54, 1.807) is 0 Å². The Morgan fingerprint density at radius 2 is 1.79 bits per heavy atom. The van der Waals surface area contributed by atoms with E-state index in [9.17, 15) is 18.5 Å². The van der Waals surface area contributed by atoms with Crippen molar-refractivity contribution in [3.8, 4) is 0 Å². The summed E-state index contributed by atoms with van der Waals surface area (Å²) >= 11 is 6.14. The number of benzene rings is 2. The Balaban J connectivity index is 1.52. The summed E-state index contributed by atoms with van der Waals surface area (Å²) in [6.07, 6.45) is 3.12. The maximum Gasteiger partial charge on any atom is 0.289 e. The molecule has 0 radical (unpaired) electrons. The summed E-state index contributed by atoms with van der Waals surface area (Å²) in [5.74, 6) is 0. The van der Waals surface area contributed by atoms with Crippen molar-refractivity contribution in [2.45, 2.75) is 30.2 Å². The van der Waals surface area contributed by atoms with Gasteiger partial charge in [-0.3, -0.25) is 15.0 Å². The molecule has 154 valence electrons. The highest BCUT2D eigenvalue weighted by atomic mass is 35.5. The quantitative estimate of drug-likeness (QED) is 0.540. The van der Waals surface area contributed by atoms with Crippen LogP contribution in [0.3, 0.4) is 0 Å². The highest BCUT2D eigenvalue weighted by molar-refractivity contribution is 7.89. The van der Waals surface area contributed by atoms with Crippen LogP contribution in [0.1, 0.15) is 30.0 Å². The van der Waals surface area contributed by atoms with Gasteiger partial charge in [0.1, 0.15) is 0 Å². The summed E-state index contributed by atoms with van der Waals surface area (Å²) in [4.78, 5) is 12.7. The predicted octanol–water partition coefficient (Wildman–Crippen LogP) is 3.63. The molecule has 7 nitrogen and oxygen atoms in total. The Morgan fingerprint density at radius 1 is 1.07 bits per heavy atom. The van der Waals surface area contributed by atoms with Gasteiger partial charge in [0, 0.05) is 43.3 Å². The Morgan fingerprint density at radius 3 is 2.52 bits per heavy atom. The Kier molecular flexibility index (Phi) is 5.61. The van der Waals surface area contributed by atoms with Crippen LogP contribution in [0, 0.1) is 10.1 Å². The van der Waals surface area contributed by atoms with Crippen LogP contribution in [0.5, 0.6) is 0 Å². The molecule has 9 heteroatoms. The van der Waals surface area contributed by atoms with E-state index in [0.29, 0.717) is 26.2 Å². The van der Waals surface area contributed by atoms with E-state index in [2.05, 4.69) is 11.0 Å². The summed E-state index contributed by atoms with van der Waals surface area (Å²) in [5.41, 5.74) is 2.16. The molecule has 0 bridgehead atoms. The molecular weight excluding hydrogens is 414 g/mol. The molecule has 2 aromatic rings. The Bertz CT molecular complexity index is 1040. The molecule has 1 saturated heterocycles. The number of hydrogen-bond acceptors (Lipinski definition) is 5. The number of halogens is 1. The molecule has 1 fully saturated rings. The number of rotatable bonds is 4. The van der Waals surface area contributed by atoms with E-state index in [0.717, 1.165) is 24.3 Å². The van der Waals surface area contributed by atoms with Gasteiger partial charge in [0.25, 0.3) is 5.69 Å². The lowest BCUT2D eigenvalue weighted by atomic mass is 9.86. The van der Waals surface area contributed by atoms with Crippen molar-refractivity contribution in [1.29, 1.82) is 0 Å². The molecule has 0 amide bonds. The Hall–Kier alpha value is -2.00. The third-order valence-corrected chi connectivity index (χ3v) is 7.96. The standard InChI is InChI=1S/C20H22ClN3O4S/c21-16-8-9-17-15(14-16)4-3-6-18(17)22-10-12-23(13-11-22)29(27,28)20-7-2-1-5-19(20)24(25)26/h1-2,5,7-9,14,18H,3-4,6,10-13H2/t18-/m0/s1. The normalized spacial score (nSPS) is 20.9. The minimum absolute atomic E-state index is 0.240. The highest BCUT2D eigenvalue weighted by Gasteiger charge is 2.36. The molecular formula is C20H22ClN3O4S. The van der Waals surface area contributed by atoms with Crippen LogP contribution in [0.2, 0.25) is 5.02 Å². The van der Waals surface area contributed by atoms with Gasteiger partial charge in [-0.25, -0.2) is 8.42 Å². The third kappa shape index (κ3) is 3.90. The van der Waals surface area contributed by atoms with Crippen LogP contribution in [0.15, 0.2) is 47.4 Å². The monoisotopic (exact) mass is 435 g/mol. The zero-order valence-electron chi connectivity index (χ0n) is 15.8. The SMILES string of the molecule is O=[N+]([O-])c1ccccc1S(=O)(=O)N1CCN([C@H]2CCCc3cc(Cl)ccc32)CC1. The Labute approximate surface area is 175 Å². The third-order valence-electron chi connectivity index (χ3n) is 5.78. The zero-order chi connectivity index (χ0) is 20.6. The molecule has 1 heterocycles. The summed E-state index contributed by atoms with van der Waals surface area (Å²) in [7, 11) is -3.91. The fourth-order valence-electron chi connectivity index (χ4n) is 4.36. The van der Waals surface area contributed by atoms with Crippen LogP contribution >= 0.6 is 11.6 Å². The van der Waals surface area contributed by atoms with Gasteiger partial charge in [-0.2, -0.15) is 4.31 Å². The summed E-state index contributed by atoms with van der Waals surface area (Å²) in [6, 6.07) is 11.8. The van der Waals surface area contributed by atoms with Crippen molar-refractivity contribution >= 4 is 27.3 Å². The molecule has 29 heavy (non-hydrogen) atoms. The van der Waals surface area contributed by atoms with Crippen molar-refractivity contribution in [1.82, 2.24) is 9.21 Å². The van der Waals surface area contributed by atoms with Gasteiger partial charge >= 0.3 is 0 Å². The lowest BCUT2D eigenvalue weighted by molar-refractivity contribution is -0.387. The highest BCUT2D eigenvalue weighted by Crippen LogP contribution is 2.36. The summed E-state index contributed by atoms with van der Waals surface area (Å²) < 4.78 is 27.4. The van der Waals surface area contributed by atoms with Gasteiger partial charge in [-0.05, 0) is 48.6 Å². The van der Waals surface area contributed by atoms with Crippen molar-refractivity contribution in [2.75, 3.05) is 26.2 Å². The van der Waals surface area contributed by atoms with E-state index in [1.807, 2.05) is 12.1 Å². The molecule has 0 saturated carbocycles. The number of sulfonamides is 1. The topological polar surface area (TPSA) is 83.8 Å². The zero-order valence-corrected chi connectivity index (χ0v) is 17.4. The lowest BCUT2D eigenvalue weighted by Gasteiger charge is -2.41. The first kappa shape index (κ1) is 20.3. The van der Waals surface area contributed by atoms with Gasteiger partial charge in [-0.15, -0.1) is 0 Å². The van der Waals surface area contributed by atoms with Gasteiger partial charge in [0.05, 0.1) is 4.92 Å². The minimum atomic E-state index is -3.91. The summed E-state index contributed by atoms with van der Waals surface area (Å²) in [6.45, 7) is 1.81. The first-order valence-corrected chi connectivity index (χ1v) is 11.5.